The van der Waals surface area contributed by atoms with Gasteiger partial charge in [0.2, 0.25) is 0 Å². The standard InChI is InChI=1S/C26H50O2/c1-5-6-7-8-9-10-11-12-13-14-15-16-17-18-19-20-21-25(22-23(2)3)24(4)26(27)28/h23H,5-22H2,1-4H3,(H,27,28). The van der Waals surface area contributed by atoms with E-state index in [1.807, 2.05) is 0 Å². The van der Waals surface area contributed by atoms with E-state index in [9.17, 15) is 9.90 Å². The zero-order valence-corrected chi connectivity index (χ0v) is 19.7. The van der Waals surface area contributed by atoms with Crippen LogP contribution in [-0.2, 0) is 4.79 Å². The fourth-order valence-corrected chi connectivity index (χ4v) is 3.97. The molecule has 0 atom stereocenters. The highest BCUT2D eigenvalue weighted by Gasteiger charge is 2.10. The second-order valence-electron chi connectivity index (χ2n) is 9.18. The Hall–Kier alpha value is -0.790. The summed E-state index contributed by atoms with van der Waals surface area (Å²) >= 11 is 0. The first-order chi connectivity index (χ1) is 13.5. The van der Waals surface area contributed by atoms with Gasteiger partial charge in [-0.1, -0.05) is 123 Å². The number of carboxylic acid groups (broad SMARTS) is 1. The SMILES string of the molecule is CCCCCCCCCCCCCCCCCCC(CC(C)C)=C(C)C(=O)O. The molecule has 0 fully saturated rings. The van der Waals surface area contributed by atoms with Crippen molar-refractivity contribution in [2.24, 2.45) is 5.92 Å². The smallest absolute Gasteiger partial charge is 0.331 e. The first-order valence-corrected chi connectivity index (χ1v) is 12.4. The lowest BCUT2D eigenvalue weighted by molar-refractivity contribution is -0.132. The molecule has 0 radical (unpaired) electrons. The predicted octanol–water partition coefficient (Wildman–Crippen LogP) is 9.09. The fourth-order valence-electron chi connectivity index (χ4n) is 3.97. The summed E-state index contributed by atoms with van der Waals surface area (Å²) in [6.07, 6.45) is 23.9. The zero-order valence-electron chi connectivity index (χ0n) is 19.7. The Labute approximate surface area is 176 Å². The highest BCUT2D eigenvalue weighted by Crippen LogP contribution is 2.22. The molecule has 0 aliphatic rings. The topological polar surface area (TPSA) is 37.3 Å². The molecule has 0 aromatic heterocycles. The molecule has 1 N–H and O–H groups in total. The van der Waals surface area contributed by atoms with Gasteiger partial charge >= 0.3 is 5.97 Å². The first-order valence-electron chi connectivity index (χ1n) is 12.4. The van der Waals surface area contributed by atoms with Gasteiger partial charge in [0.15, 0.2) is 0 Å². The molecular weight excluding hydrogens is 344 g/mol. The lowest BCUT2D eigenvalue weighted by atomic mass is 9.93. The van der Waals surface area contributed by atoms with E-state index >= 15 is 0 Å². The summed E-state index contributed by atoms with van der Waals surface area (Å²) in [5.74, 6) is -0.211. The average molecular weight is 395 g/mol. The summed E-state index contributed by atoms with van der Waals surface area (Å²) in [4.78, 5) is 11.2. The van der Waals surface area contributed by atoms with Crippen molar-refractivity contribution in [1.82, 2.24) is 0 Å². The van der Waals surface area contributed by atoms with Crippen molar-refractivity contribution in [2.75, 3.05) is 0 Å². The molecule has 0 aromatic carbocycles. The van der Waals surface area contributed by atoms with E-state index in [-0.39, 0.29) is 0 Å². The third-order valence-electron chi connectivity index (χ3n) is 5.84. The van der Waals surface area contributed by atoms with Crippen LogP contribution in [0.4, 0.5) is 0 Å². The Morgan fingerprint density at radius 1 is 0.679 bits per heavy atom. The highest BCUT2D eigenvalue weighted by atomic mass is 16.4. The maximum Gasteiger partial charge on any atom is 0.331 e. The molecule has 0 saturated heterocycles. The Morgan fingerprint density at radius 2 is 1.04 bits per heavy atom. The number of hydrogen-bond acceptors (Lipinski definition) is 1. The van der Waals surface area contributed by atoms with Gasteiger partial charge in [0.05, 0.1) is 0 Å². The fraction of sp³-hybridized carbons (Fsp3) is 0.885. The van der Waals surface area contributed by atoms with E-state index in [0.717, 1.165) is 24.8 Å². The quantitative estimate of drug-likeness (QED) is 0.165. The number of carboxylic acids is 1. The van der Waals surface area contributed by atoms with E-state index in [1.54, 1.807) is 6.92 Å². The van der Waals surface area contributed by atoms with Crippen molar-refractivity contribution in [1.29, 1.82) is 0 Å². The van der Waals surface area contributed by atoms with Crippen LogP contribution in [-0.4, -0.2) is 11.1 Å². The number of allylic oxidation sites excluding steroid dienone is 1. The van der Waals surface area contributed by atoms with E-state index in [4.69, 9.17) is 0 Å². The van der Waals surface area contributed by atoms with Crippen molar-refractivity contribution < 1.29 is 9.90 Å². The normalized spacial score (nSPS) is 12.5. The third-order valence-corrected chi connectivity index (χ3v) is 5.84. The lowest BCUT2D eigenvalue weighted by Crippen LogP contribution is -2.04. The number of rotatable bonds is 20. The van der Waals surface area contributed by atoms with Gasteiger partial charge in [-0.2, -0.15) is 0 Å². The number of hydrogen-bond donors (Lipinski definition) is 1. The van der Waals surface area contributed by atoms with E-state index in [0.29, 0.717) is 11.5 Å². The average Bonchev–Trinajstić information content (AvgIpc) is 2.65. The molecule has 0 aliphatic heterocycles. The molecule has 0 heterocycles. The van der Waals surface area contributed by atoms with Crippen LogP contribution in [0.2, 0.25) is 0 Å². The van der Waals surface area contributed by atoms with Crippen LogP contribution in [0.3, 0.4) is 0 Å². The van der Waals surface area contributed by atoms with Crippen molar-refractivity contribution in [3.05, 3.63) is 11.1 Å². The van der Waals surface area contributed by atoms with Crippen LogP contribution in [0.1, 0.15) is 143 Å². The molecule has 28 heavy (non-hydrogen) atoms. The van der Waals surface area contributed by atoms with Crippen molar-refractivity contribution >= 4 is 5.97 Å². The Kier molecular flexibility index (Phi) is 19.0. The monoisotopic (exact) mass is 394 g/mol. The summed E-state index contributed by atoms with van der Waals surface area (Å²) in [5, 5.41) is 9.24. The molecule has 0 aliphatic carbocycles. The zero-order chi connectivity index (χ0) is 21.0. The molecule has 0 unspecified atom stereocenters. The maximum atomic E-state index is 11.2. The molecule has 0 aromatic rings. The summed E-state index contributed by atoms with van der Waals surface area (Å²) in [6.45, 7) is 8.39. The molecule has 0 spiro atoms. The lowest BCUT2D eigenvalue weighted by Gasteiger charge is -2.12. The molecule has 2 nitrogen and oxygen atoms in total. The molecule has 0 saturated carbocycles. The van der Waals surface area contributed by atoms with Gasteiger partial charge in [-0.15, -0.1) is 0 Å². The Bertz CT molecular complexity index is 395. The number of aliphatic carboxylic acids is 1. The van der Waals surface area contributed by atoms with Gasteiger partial charge in [0, 0.05) is 5.57 Å². The van der Waals surface area contributed by atoms with Gasteiger partial charge < -0.3 is 5.11 Å². The van der Waals surface area contributed by atoms with Crippen LogP contribution in [0.5, 0.6) is 0 Å². The van der Waals surface area contributed by atoms with Crippen LogP contribution in [0.15, 0.2) is 11.1 Å². The van der Waals surface area contributed by atoms with Gasteiger partial charge in [-0.05, 0) is 32.1 Å². The minimum atomic E-state index is -0.743. The Balaban J connectivity index is 3.49. The van der Waals surface area contributed by atoms with Crippen molar-refractivity contribution in [3.63, 3.8) is 0 Å². The molecule has 166 valence electrons. The van der Waals surface area contributed by atoms with Crippen LogP contribution in [0, 0.1) is 5.92 Å². The molecule has 0 amide bonds. The van der Waals surface area contributed by atoms with Gasteiger partial charge in [-0.25, -0.2) is 4.79 Å². The van der Waals surface area contributed by atoms with Gasteiger partial charge in [-0.3, -0.25) is 0 Å². The van der Waals surface area contributed by atoms with Crippen LogP contribution >= 0.6 is 0 Å². The molecule has 0 rings (SSSR count). The van der Waals surface area contributed by atoms with Gasteiger partial charge in [0.1, 0.15) is 0 Å². The van der Waals surface area contributed by atoms with E-state index in [2.05, 4.69) is 20.8 Å². The van der Waals surface area contributed by atoms with Crippen LogP contribution in [0.25, 0.3) is 0 Å². The minimum Gasteiger partial charge on any atom is -0.478 e. The molecule has 2 heteroatoms. The van der Waals surface area contributed by atoms with E-state index < -0.39 is 5.97 Å². The summed E-state index contributed by atoms with van der Waals surface area (Å²) < 4.78 is 0. The minimum absolute atomic E-state index is 0.533. The van der Waals surface area contributed by atoms with Crippen molar-refractivity contribution in [3.8, 4) is 0 Å². The molecular formula is C26H50O2. The summed E-state index contributed by atoms with van der Waals surface area (Å²) in [5.41, 5.74) is 1.74. The van der Waals surface area contributed by atoms with Crippen LogP contribution < -0.4 is 0 Å². The third kappa shape index (κ3) is 17.3. The maximum absolute atomic E-state index is 11.2. The largest absolute Gasteiger partial charge is 0.478 e. The summed E-state index contributed by atoms with van der Waals surface area (Å²) in [7, 11) is 0. The molecule has 0 bridgehead atoms. The highest BCUT2D eigenvalue weighted by molar-refractivity contribution is 5.86. The first kappa shape index (κ1) is 27.2. The predicted molar refractivity (Wildman–Crippen MR) is 124 cm³/mol. The van der Waals surface area contributed by atoms with Crippen molar-refractivity contribution in [2.45, 2.75) is 143 Å². The van der Waals surface area contributed by atoms with Gasteiger partial charge in [0.25, 0.3) is 0 Å². The second kappa shape index (κ2) is 19.5. The number of carbonyl (C=O) groups is 1. The summed E-state index contributed by atoms with van der Waals surface area (Å²) in [6, 6.07) is 0. The Morgan fingerprint density at radius 3 is 1.36 bits per heavy atom. The van der Waals surface area contributed by atoms with E-state index in [1.165, 1.54) is 96.3 Å². The second-order valence-corrected chi connectivity index (χ2v) is 9.18. The number of unbranched alkanes of at least 4 members (excludes halogenated alkanes) is 15.